The van der Waals surface area contributed by atoms with Gasteiger partial charge in [0.25, 0.3) is 0 Å². The number of nitrogens with one attached hydrogen (secondary N) is 1. The van der Waals surface area contributed by atoms with Crippen molar-refractivity contribution in [1.29, 1.82) is 0 Å². The van der Waals surface area contributed by atoms with Crippen molar-refractivity contribution < 1.29 is 9.53 Å². The number of hydrogen-bond donors (Lipinski definition) is 1. The van der Waals surface area contributed by atoms with Crippen molar-refractivity contribution in [2.45, 2.75) is 25.5 Å². The van der Waals surface area contributed by atoms with Gasteiger partial charge in [-0.2, -0.15) is 5.10 Å². The summed E-state index contributed by atoms with van der Waals surface area (Å²) in [6.45, 7) is 1.02. The summed E-state index contributed by atoms with van der Waals surface area (Å²) in [5, 5.41) is 8.84. The first-order valence-corrected chi connectivity index (χ1v) is 7.04. The zero-order valence-electron chi connectivity index (χ0n) is 11.2. The van der Waals surface area contributed by atoms with E-state index in [4.69, 9.17) is 16.3 Å². The van der Waals surface area contributed by atoms with E-state index in [0.29, 0.717) is 18.2 Å². The number of amides is 1. The lowest BCUT2D eigenvalue weighted by Crippen LogP contribution is -2.33. The third-order valence-electron chi connectivity index (χ3n) is 3.55. The molecule has 0 radical (unpaired) electrons. The molecule has 20 heavy (non-hydrogen) atoms. The minimum atomic E-state index is -0.319. The molecule has 1 atom stereocenters. The van der Waals surface area contributed by atoms with Crippen molar-refractivity contribution >= 4 is 28.4 Å². The van der Waals surface area contributed by atoms with Crippen LogP contribution in [-0.4, -0.2) is 28.4 Å². The van der Waals surface area contributed by atoms with E-state index in [0.717, 1.165) is 29.4 Å². The molecule has 0 spiro atoms. The molecule has 6 heteroatoms. The molecule has 0 aliphatic carbocycles. The van der Waals surface area contributed by atoms with E-state index >= 15 is 0 Å². The maximum Gasteiger partial charge on any atom is 0.249 e. The summed E-state index contributed by atoms with van der Waals surface area (Å²) in [6, 6.07) is 5.68. The molecule has 1 saturated heterocycles. The van der Waals surface area contributed by atoms with E-state index in [1.807, 2.05) is 25.2 Å². The van der Waals surface area contributed by atoms with Gasteiger partial charge in [-0.3, -0.25) is 9.48 Å². The smallest absolute Gasteiger partial charge is 0.249 e. The summed E-state index contributed by atoms with van der Waals surface area (Å²) in [5.41, 5.74) is 1.73. The molecular weight excluding hydrogens is 278 g/mol. The SMILES string of the molecule is Cn1nc(CNC(=O)[C@H]2CCCO2)c2c(Cl)cccc21. The Hall–Kier alpha value is -1.59. The van der Waals surface area contributed by atoms with Crippen molar-refractivity contribution in [2.24, 2.45) is 7.05 Å². The van der Waals surface area contributed by atoms with Gasteiger partial charge in [-0.15, -0.1) is 0 Å². The minimum absolute atomic E-state index is 0.0756. The van der Waals surface area contributed by atoms with Crippen molar-refractivity contribution in [3.8, 4) is 0 Å². The lowest BCUT2D eigenvalue weighted by molar-refractivity contribution is -0.130. The fourth-order valence-electron chi connectivity index (χ4n) is 2.55. The third kappa shape index (κ3) is 2.39. The third-order valence-corrected chi connectivity index (χ3v) is 3.87. The number of rotatable bonds is 3. The van der Waals surface area contributed by atoms with Gasteiger partial charge < -0.3 is 10.1 Å². The van der Waals surface area contributed by atoms with Crippen LogP contribution in [0.25, 0.3) is 10.9 Å². The van der Waals surface area contributed by atoms with Gasteiger partial charge >= 0.3 is 0 Å². The van der Waals surface area contributed by atoms with E-state index in [1.54, 1.807) is 4.68 Å². The maximum atomic E-state index is 11.9. The predicted molar refractivity (Wildman–Crippen MR) is 76.5 cm³/mol. The van der Waals surface area contributed by atoms with Crippen LogP contribution >= 0.6 is 11.6 Å². The summed E-state index contributed by atoms with van der Waals surface area (Å²) >= 11 is 6.23. The number of benzene rings is 1. The normalized spacial score (nSPS) is 18.6. The summed E-state index contributed by atoms with van der Waals surface area (Å²) in [5.74, 6) is -0.0756. The lowest BCUT2D eigenvalue weighted by Gasteiger charge is -2.09. The largest absolute Gasteiger partial charge is 0.368 e. The fourth-order valence-corrected chi connectivity index (χ4v) is 2.82. The number of nitrogens with zero attached hydrogens (tertiary/aromatic N) is 2. The Bertz CT molecular complexity index is 647. The van der Waals surface area contributed by atoms with E-state index in [2.05, 4.69) is 10.4 Å². The second-order valence-electron chi connectivity index (χ2n) is 4.92. The first-order valence-electron chi connectivity index (χ1n) is 6.66. The van der Waals surface area contributed by atoms with E-state index < -0.39 is 0 Å². The number of ether oxygens (including phenoxy) is 1. The number of hydrogen-bond acceptors (Lipinski definition) is 3. The first kappa shape index (κ1) is 13.4. The summed E-state index contributed by atoms with van der Waals surface area (Å²) < 4.78 is 7.13. The molecule has 1 fully saturated rings. The molecular formula is C14H16ClN3O2. The van der Waals surface area contributed by atoms with Crippen LogP contribution in [0.15, 0.2) is 18.2 Å². The molecule has 0 unspecified atom stereocenters. The lowest BCUT2D eigenvalue weighted by atomic mass is 10.2. The average Bonchev–Trinajstić information content (AvgIpc) is 3.06. The van der Waals surface area contributed by atoms with Crippen LogP contribution < -0.4 is 5.32 Å². The minimum Gasteiger partial charge on any atom is -0.368 e. The zero-order valence-corrected chi connectivity index (χ0v) is 12.0. The number of halogens is 1. The monoisotopic (exact) mass is 293 g/mol. The molecule has 106 valence electrons. The Kier molecular flexibility index (Phi) is 3.63. The molecule has 3 rings (SSSR count). The van der Waals surface area contributed by atoms with Crippen molar-refractivity contribution in [1.82, 2.24) is 15.1 Å². The molecule has 2 heterocycles. The van der Waals surface area contributed by atoms with Crippen LogP contribution in [0.1, 0.15) is 18.5 Å². The van der Waals surface area contributed by atoms with Crippen molar-refractivity contribution in [3.63, 3.8) is 0 Å². The predicted octanol–water partition coefficient (Wildman–Crippen LogP) is 2.02. The van der Waals surface area contributed by atoms with Gasteiger partial charge in [0.05, 0.1) is 22.8 Å². The quantitative estimate of drug-likeness (QED) is 0.942. The molecule has 1 aromatic heterocycles. The van der Waals surface area contributed by atoms with Gasteiger partial charge in [-0.05, 0) is 25.0 Å². The highest BCUT2D eigenvalue weighted by Gasteiger charge is 2.23. The average molecular weight is 294 g/mol. The molecule has 1 aliphatic rings. The molecule has 0 saturated carbocycles. The van der Waals surface area contributed by atoms with Crippen molar-refractivity contribution in [3.05, 3.63) is 28.9 Å². The molecule has 2 aromatic rings. The molecule has 1 amide bonds. The van der Waals surface area contributed by atoms with Gasteiger partial charge in [0.1, 0.15) is 6.10 Å². The highest BCUT2D eigenvalue weighted by atomic mass is 35.5. The number of carbonyl (C=O) groups is 1. The first-order chi connectivity index (χ1) is 9.66. The number of fused-ring (bicyclic) bond motifs is 1. The topological polar surface area (TPSA) is 56.2 Å². The summed E-state index contributed by atoms with van der Waals surface area (Å²) in [6.07, 6.45) is 1.41. The Morgan fingerprint density at radius 1 is 1.60 bits per heavy atom. The van der Waals surface area contributed by atoms with Gasteiger partial charge in [0, 0.05) is 19.0 Å². The molecule has 0 bridgehead atoms. The Balaban J connectivity index is 1.79. The van der Waals surface area contributed by atoms with Crippen LogP contribution in [0.4, 0.5) is 0 Å². The molecule has 1 N–H and O–H groups in total. The Morgan fingerprint density at radius 3 is 3.20 bits per heavy atom. The van der Waals surface area contributed by atoms with Crippen LogP contribution in [0.5, 0.6) is 0 Å². The maximum absolute atomic E-state index is 11.9. The fraction of sp³-hybridized carbons (Fsp3) is 0.429. The highest BCUT2D eigenvalue weighted by molar-refractivity contribution is 6.35. The van der Waals surface area contributed by atoms with E-state index in [9.17, 15) is 4.79 Å². The Morgan fingerprint density at radius 2 is 2.45 bits per heavy atom. The second kappa shape index (κ2) is 5.42. The second-order valence-corrected chi connectivity index (χ2v) is 5.33. The van der Waals surface area contributed by atoms with Crippen LogP contribution in [0.3, 0.4) is 0 Å². The molecule has 5 nitrogen and oxygen atoms in total. The molecule has 1 aromatic carbocycles. The zero-order chi connectivity index (χ0) is 14.1. The Labute approximate surface area is 121 Å². The summed E-state index contributed by atoms with van der Waals surface area (Å²) in [4.78, 5) is 11.9. The van der Waals surface area contributed by atoms with Crippen LogP contribution in [-0.2, 0) is 23.1 Å². The highest BCUT2D eigenvalue weighted by Crippen LogP contribution is 2.26. The van der Waals surface area contributed by atoms with Gasteiger partial charge in [-0.25, -0.2) is 0 Å². The summed E-state index contributed by atoms with van der Waals surface area (Å²) in [7, 11) is 1.87. The van der Waals surface area contributed by atoms with Gasteiger partial charge in [0.2, 0.25) is 5.91 Å². The number of aryl methyl sites for hydroxylation is 1. The number of carbonyl (C=O) groups excluding carboxylic acids is 1. The molecule has 1 aliphatic heterocycles. The van der Waals surface area contributed by atoms with Gasteiger partial charge in [0.15, 0.2) is 0 Å². The number of aromatic nitrogens is 2. The standard InChI is InChI=1S/C14H16ClN3O2/c1-18-11-5-2-4-9(15)13(11)10(17-18)8-16-14(19)12-6-3-7-20-12/h2,4-5,12H,3,6-8H2,1H3,(H,16,19)/t12-/m1/s1. The van der Waals surface area contributed by atoms with Crippen LogP contribution in [0.2, 0.25) is 5.02 Å². The van der Waals surface area contributed by atoms with Crippen molar-refractivity contribution in [2.75, 3.05) is 6.61 Å². The van der Waals surface area contributed by atoms with Gasteiger partial charge in [-0.1, -0.05) is 17.7 Å². The van der Waals surface area contributed by atoms with E-state index in [1.165, 1.54) is 0 Å². The van der Waals surface area contributed by atoms with E-state index in [-0.39, 0.29) is 12.0 Å². The van der Waals surface area contributed by atoms with Crippen LogP contribution in [0, 0.1) is 0 Å².